The van der Waals surface area contributed by atoms with Crippen LogP contribution in [-0.4, -0.2) is 21.6 Å². The molecule has 0 saturated carbocycles. The van der Waals surface area contributed by atoms with Gasteiger partial charge in [-0.2, -0.15) is 5.26 Å². The minimum absolute atomic E-state index is 0.0474. The number of fused-ring (bicyclic) bond motifs is 1. The maximum Gasteiger partial charge on any atom is 0.331 e. The first-order chi connectivity index (χ1) is 12.5. The molecule has 1 aromatic heterocycles. The van der Waals surface area contributed by atoms with E-state index in [4.69, 9.17) is 11.6 Å². The molecule has 0 fully saturated rings. The molecule has 0 bridgehead atoms. The number of carbonyl (C=O) groups is 1. The maximum absolute atomic E-state index is 12.4. The fraction of sp³-hybridized carbons (Fsp3) is 0.333. The highest BCUT2D eigenvalue weighted by molar-refractivity contribution is 6.30. The lowest BCUT2D eigenvalue weighted by atomic mass is 10.1. The zero-order chi connectivity index (χ0) is 18.7. The molecule has 7 nitrogen and oxygen atoms in total. The molecule has 0 radical (unpaired) electrons. The average molecular weight is 373 g/mol. The van der Waals surface area contributed by atoms with Crippen molar-refractivity contribution in [3.63, 3.8) is 0 Å². The van der Waals surface area contributed by atoms with Gasteiger partial charge in [0.25, 0.3) is 5.56 Å². The largest absolute Gasteiger partial charge is 0.354 e. The summed E-state index contributed by atoms with van der Waals surface area (Å²) < 4.78 is 2.25. The summed E-state index contributed by atoms with van der Waals surface area (Å²) >= 11 is 5.91. The van der Waals surface area contributed by atoms with E-state index in [2.05, 4.69) is 5.32 Å². The summed E-state index contributed by atoms with van der Waals surface area (Å²) in [6, 6.07) is 9.17. The van der Waals surface area contributed by atoms with E-state index in [1.165, 1.54) is 4.57 Å². The first-order valence-corrected chi connectivity index (χ1v) is 8.67. The van der Waals surface area contributed by atoms with Crippen LogP contribution in [0.2, 0.25) is 5.02 Å². The molecule has 0 spiro atoms. The van der Waals surface area contributed by atoms with Crippen molar-refractivity contribution >= 4 is 17.5 Å². The fourth-order valence-electron chi connectivity index (χ4n) is 3.13. The Hall–Kier alpha value is -2.85. The van der Waals surface area contributed by atoms with Crippen molar-refractivity contribution in [2.75, 3.05) is 6.54 Å². The van der Waals surface area contributed by atoms with Gasteiger partial charge < -0.3 is 5.32 Å². The third-order valence-corrected chi connectivity index (χ3v) is 4.60. The monoisotopic (exact) mass is 372 g/mol. The van der Waals surface area contributed by atoms with Gasteiger partial charge in [0.05, 0.1) is 0 Å². The zero-order valence-electron chi connectivity index (χ0n) is 14.0. The van der Waals surface area contributed by atoms with Gasteiger partial charge in [0, 0.05) is 23.8 Å². The van der Waals surface area contributed by atoms with Crippen molar-refractivity contribution in [1.82, 2.24) is 14.5 Å². The van der Waals surface area contributed by atoms with Crippen molar-refractivity contribution in [3.05, 3.63) is 66.9 Å². The molecule has 134 valence electrons. The Kier molecular flexibility index (Phi) is 5.24. The number of nitrogens with one attached hydrogen (secondary N) is 1. The number of amides is 1. The van der Waals surface area contributed by atoms with Gasteiger partial charge in [-0.25, -0.2) is 9.36 Å². The molecule has 8 heteroatoms. The minimum Gasteiger partial charge on any atom is -0.354 e. The fourth-order valence-corrected chi connectivity index (χ4v) is 3.34. The first kappa shape index (κ1) is 18.0. The molecule has 3 rings (SSSR count). The number of nitrogens with zero attached hydrogens (tertiary/aromatic N) is 3. The van der Waals surface area contributed by atoms with Gasteiger partial charge in [-0.15, -0.1) is 0 Å². The van der Waals surface area contributed by atoms with E-state index in [0.29, 0.717) is 43.1 Å². The molecule has 2 aromatic rings. The van der Waals surface area contributed by atoms with Crippen molar-refractivity contribution in [3.8, 4) is 6.07 Å². The number of nitriles is 1. The predicted octanol–water partition coefficient (Wildman–Crippen LogP) is 0.840. The normalized spacial score (nSPS) is 12.5. The third kappa shape index (κ3) is 3.55. The molecular weight excluding hydrogens is 356 g/mol. The Morgan fingerprint density at radius 3 is 2.88 bits per heavy atom. The molecule has 0 atom stereocenters. The number of rotatable bonds is 5. The van der Waals surface area contributed by atoms with Crippen LogP contribution >= 0.6 is 11.6 Å². The Bertz CT molecular complexity index is 1020. The average Bonchev–Trinajstić information content (AvgIpc) is 3.09. The molecular formula is C18H17ClN4O3. The van der Waals surface area contributed by atoms with Crippen LogP contribution in [0.5, 0.6) is 0 Å². The van der Waals surface area contributed by atoms with E-state index in [-0.39, 0.29) is 5.56 Å². The van der Waals surface area contributed by atoms with Crippen molar-refractivity contribution in [2.24, 2.45) is 0 Å². The zero-order valence-corrected chi connectivity index (χ0v) is 14.8. The third-order valence-electron chi connectivity index (χ3n) is 4.37. The summed E-state index contributed by atoms with van der Waals surface area (Å²) in [4.78, 5) is 37.0. The van der Waals surface area contributed by atoms with Gasteiger partial charge in [-0.3, -0.25) is 14.2 Å². The highest BCUT2D eigenvalue weighted by Crippen LogP contribution is 2.13. The number of hydrogen-bond donors (Lipinski definition) is 1. The number of aromatic nitrogens is 2. The Morgan fingerprint density at radius 1 is 1.35 bits per heavy atom. The van der Waals surface area contributed by atoms with Gasteiger partial charge in [0.2, 0.25) is 5.91 Å². The molecule has 1 aromatic carbocycles. The second kappa shape index (κ2) is 7.58. The molecule has 2 heterocycles. The Balaban J connectivity index is 1.71. The number of hydrogen-bond acceptors (Lipinski definition) is 4. The van der Waals surface area contributed by atoms with Gasteiger partial charge in [0.1, 0.15) is 18.2 Å². The van der Waals surface area contributed by atoms with Crippen LogP contribution in [0.15, 0.2) is 33.9 Å². The molecule has 0 saturated heterocycles. The summed E-state index contributed by atoms with van der Waals surface area (Å²) in [5.74, 6) is -0.450. The smallest absolute Gasteiger partial charge is 0.331 e. The summed E-state index contributed by atoms with van der Waals surface area (Å²) in [6.07, 6.45) is 1.81. The number of halogens is 1. The Labute approximate surface area is 154 Å². The van der Waals surface area contributed by atoms with E-state index in [9.17, 15) is 19.6 Å². The molecule has 1 aliphatic rings. The minimum atomic E-state index is -0.698. The van der Waals surface area contributed by atoms with Crippen LogP contribution < -0.4 is 16.6 Å². The number of benzene rings is 1. The number of carbonyl (C=O) groups excluding carboxylic acids is 1. The second-order valence-corrected chi connectivity index (χ2v) is 6.53. The van der Waals surface area contributed by atoms with Gasteiger partial charge >= 0.3 is 5.69 Å². The van der Waals surface area contributed by atoms with E-state index in [1.807, 2.05) is 24.3 Å². The lowest BCUT2D eigenvalue weighted by molar-refractivity contribution is -0.121. The summed E-state index contributed by atoms with van der Waals surface area (Å²) in [7, 11) is 0. The van der Waals surface area contributed by atoms with Gasteiger partial charge in [0.15, 0.2) is 0 Å². The molecule has 0 aliphatic carbocycles. The van der Waals surface area contributed by atoms with Crippen LogP contribution in [-0.2, 0) is 30.7 Å². The topological polar surface area (TPSA) is 96.9 Å². The van der Waals surface area contributed by atoms with Crippen LogP contribution in [0.1, 0.15) is 23.2 Å². The molecule has 1 N–H and O–H groups in total. The maximum atomic E-state index is 12.4. The van der Waals surface area contributed by atoms with Crippen molar-refractivity contribution in [2.45, 2.75) is 32.4 Å². The summed E-state index contributed by atoms with van der Waals surface area (Å²) in [5.41, 5.74) is 0.162. The summed E-state index contributed by atoms with van der Waals surface area (Å²) in [5, 5.41) is 12.5. The van der Waals surface area contributed by atoms with Crippen LogP contribution in [0.4, 0.5) is 0 Å². The van der Waals surface area contributed by atoms with Gasteiger partial charge in [-0.05, 0) is 37.0 Å². The van der Waals surface area contributed by atoms with E-state index in [0.717, 1.165) is 10.1 Å². The van der Waals surface area contributed by atoms with Crippen LogP contribution in [0, 0.1) is 11.3 Å². The van der Waals surface area contributed by atoms with Gasteiger partial charge in [-0.1, -0.05) is 23.7 Å². The van der Waals surface area contributed by atoms with E-state index >= 15 is 0 Å². The lowest BCUT2D eigenvalue weighted by Gasteiger charge is -2.11. The first-order valence-electron chi connectivity index (χ1n) is 8.29. The Morgan fingerprint density at radius 2 is 2.15 bits per heavy atom. The molecule has 0 unspecified atom stereocenters. The quantitative estimate of drug-likeness (QED) is 0.841. The SMILES string of the molecule is N#Cc1c2n(c(=O)n(CC(=O)NCCc3cccc(Cl)c3)c1=O)CCC2. The highest BCUT2D eigenvalue weighted by Gasteiger charge is 2.23. The predicted molar refractivity (Wildman–Crippen MR) is 96.2 cm³/mol. The highest BCUT2D eigenvalue weighted by atomic mass is 35.5. The standard InChI is InChI=1S/C18H17ClN4O3/c19-13-4-1-3-12(9-13)6-7-21-16(24)11-23-17(25)14(10-20)15-5-2-8-22(15)18(23)26/h1,3-4,9H,2,5-8,11H2,(H,21,24). The summed E-state index contributed by atoms with van der Waals surface area (Å²) in [6.45, 7) is 0.410. The molecule has 1 aliphatic heterocycles. The van der Waals surface area contributed by atoms with Crippen molar-refractivity contribution in [1.29, 1.82) is 5.26 Å². The van der Waals surface area contributed by atoms with E-state index in [1.54, 1.807) is 6.07 Å². The lowest BCUT2D eigenvalue weighted by Crippen LogP contribution is -2.45. The molecule has 26 heavy (non-hydrogen) atoms. The second-order valence-electron chi connectivity index (χ2n) is 6.09. The van der Waals surface area contributed by atoms with E-state index < -0.39 is 23.7 Å². The van der Waals surface area contributed by atoms with Crippen LogP contribution in [0.25, 0.3) is 0 Å². The van der Waals surface area contributed by atoms with Crippen LogP contribution in [0.3, 0.4) is 0 Å². The molecule has 1 amide bonds. The van der Waals surface area contributed by atoms with Crippen molar-refractivity contribution < 1.29 is 4.79 Å².